The molecule has 3 atom stereocenters. The Morgan fingerprint density at radius 2 is 1.86 bits per heavy atom. The predicted octanol–water partition coefficient (Wildman–Crippen LogP) is 3.80. The van der Waals surface area contributed by atoms with Crippen LogP contribution in [0.5, 0.6) is 0 Å². The van der Waals surface area contributed by atoms with E-state index in [0.717, 1.165) is 11.0 Å². The van der Waals surface area contributed by atoms with E-state index in [4.69, 9.17) is 0 Å². The Labute approximate surface area is 136 Å². The molecule has 2 aliphatic heterocycles. The SMILES string of the molecule is CSC1C[C@H]2CC[C@@H](C1)N2C(=O)CSCc1ccccc1. The molecule has 1 aromatic rings. The van der Waals surface area contributed by atoms with E-state index in [0.29, 0.717) is 23.7 Å². The van der Waals surface area contributed by atoms with Crippen molar-refractivity contribution < 1.29 is 4.79 Å². The molecule has 0 spiro atoms. The van der Waals surface area contributed by atoms with Crippen molar-refractivity contribution in [2.24, 2.45) is 0 Å². The van der Waals surface area contributed by atoms with Crippen molar-refractivity contribution in [1.29, 1.82) is 0 Å². The van der Waals surface area contributed by atoms with Crippen LogP contribution in [0.4, 0.5) is 0 Å². The van der Waals surface area contributed by atoms with Crippen LogP contribution in [0, 0.1) is 0 Å². The molecule has 2 nitrogen and oxygen atoms in total. The van der Waals surface area contributed by atoms with Gasteiger partial charge in [-0.25, -0.2) is 0 Å². The van der Waals surface area contributed by atoms with Gasteiger partial charge in [0.15, 0.2) is 0 Å². The number of amides is 1. The molecular weight excluding hydrogens is 298 g/mol. The van der Waals surface area contributed by atoms with Crippen molar-refractivity contribution in [3.05, 3.63) is 35.9 Å². The number of piperidine rings is 1. The molecule has 2 saturated heterocycles. The fourth-order valence-electron chi connectivity index (χ4n) is 3.63. The van der Waals surface area contributed by atoms with Crippen molar-refractivity contribution in [2.45, 2.75) is 48.8 Å². The summed E-state index contributed by atoms with van der Waals surface area (Å²) in [4.78, 5) is 14.8. The van der Waals surface area contributed by atoms with Crippen molar-refractivity contribution in [1.82, 2.24) is 4.90 Å². The van der Waals surface area contributed by atoms with Crippen LogP contribution < -0.4 is 0 Å². The summed E-state index contributed by atoms with van der Waals surface area (Å²) in [6.45, 7) is 0. The molecule has 0 N–H and O–H groups in total. The van der Waals surface area contributed by atoms with E-state index >= 15 is 0 Å². The second kappa shape index (κ2) is 7.10. The fraction of sp³-hybridized carbons (Fsp3) is 0.588. The minimum Gasteiger partial charge on any atom is -0.336 e. The molecule has 4 heteroatoms. The van der Waals surface area contributed by atoms with Crippen LogP contribution >= 0.6 is 23.5 Å². The van der Waals surface area contributed by atoms with Crippen molar-refractivity contribution in [2.75, 3.05) is 12.0 Å². The summed E-state index contributed by atoms with van der Waals surface area (Å²) >= 11 is 3.73. The monoisotopic (exact) mass is 321 g/mol. The number of hydrogen-bond acceptors (Lipinski definition) is 3. The molecule has 2 aliphatic rings. The maximum absolute atomic E-state index is 12.5. The van der Waals surface area contributed by atoms with Gasteiger partial charge in [0, 0.05) is 23.1 Å². The first-order valence-electron chi connectivity index (χ1n) is 7.73. The number of carbonyl (C=O) groups excluding carboxylic acids is 1. The van der Waals surface area contributed by atoms with Crippen molar-refractivity contribution in [3.8, 4) is 0 Å². The third-order valence-electron chi connectivity index (χ3n) is 4.65. The molecule has 0 saturated carbocycles. The minimum atomic E-state index is 0.364. The van der Waals surface area contributed by atoms with Gasteiger partial charge in [0.2, 0.25) is 5.91 Å². The van der Waals surface area contributed by atoms with Gasteiger partial charge in [-0.1, -0.05) is 30.3 Å². The normalized spacial score (nSPS) is 27.9. The zero-order valence-electron chi connectivity index (χ0n) is 12.5. The topological polar surface area (TPSA) is 20.3 Å². The number of fused-ring (bicyclic) bond motifs is 2. The molecule has 0 aromatic heterocycles. The Morgan fingerprint density at radius 1 is 1.19 bits per heavy atom. The molecule has 2 heterocycles. The molecule has 2 fully saturated rings. The quantitative estimate of drug-likeness (QED) is 0.822. The Kier molecular flexibility index (Phi) is 5.17. The Bertz CT molecular complexity index is 465. The maximum atomic E-state index is 12.5. The smallest absolute Gasteiger partial charge is 0.233 e. The molecule has 0 aliphatic carbocycles. The molecule has 114 valence electrons. The Morgan fingerprint density at radius 3 is 2.48 bits per heavy atom. The first kappa shape index (κ1) is 15.3. The van der Waals surface area contributed by atoms with Crippen LogP contribution in [0.3, 0.4) is 0 Å². The average Bonchev–Trinajstić information content (AvgIpc) is 2.78. The van der Waals surface area contributed by atoms with Gasteiger partial charge >= 0.3 is 0 Å². The van der Waals surface area contributed by atoms with Crippen LogP contribution in [-0.2, 0) is 10.5 Å². The second-order valence-corrected chi connectivity index (χ2v) is 8.12. The van der Waals surface area contributed by atoms with Crippen molar-refractivity contribution >= 4 is 29.4 Å². The third-order valence-corrected chi connectivity index (χ3v) is 6.69. The van der Waals surface area contributed by atoms with Crippen LogP contribution in [-0.4, -0.2) is 40.1 Å². The lowest BCUT2D eigenvalue weighted by molar-refractivity contribution is -0.132. The lowest BCUT2D eigenvalue weighted by atomic mass is 10.0. The molecular formula is C17H23NOS2. The maximum Gasteiger partial charge on any atom is 0.233 e. The molecule has 1 amide bonds. The number of carbonyl (C=O) groups is 1. The Balaban J connectivity index is 1.50. The van der Waals surface area contributed by atoms with E-state index in [2.05, 4.69) is 35.4 Å². The van der Waals surface area contributed by atoms with Gasteiger partial charge in [-0.2, -0.15) is 11.8 Å². The highest BCUT2D eigenvalue weighted by Crippen LogP contribution is 2.39. The first-order chi connectivity index (χ1) is 10.3. The van der Waals surface area contributed by atoms with E-state index in [-0.39, 0.29) is 0 Å². The molecule has 21 heavy (non-hydrogen) atoms. The lowest BCUT2D eigenvalue weighted by Crippen LogP contribution is -2.48. The highest BCUT2D eigenvalue weighted by Gasteiger charge is 2.42. The highest BCUT2D eigenvalue weighted by atomic mass is 32.2. The Hall–Kier alpha value is -0.610. The summed E-state index contributed by atoms with van der Waals surface area (Å²) < 4.78 is 0. The standard InChI is InChI=1S/C17H23NOS2/c1-20-16-9-14-7-8-15(10-16)18(14)17(19)12-21-11-13-5-3-2-4-6-13/h2-6,14-16H,7-12H2,1H3/t14-,15+,16?. The zero-order valence-corrected chi connectivity index (χ0v) is 14.2. The summed E-state index contributed by atoms with van der Waals surface area (Å²) in [6, 6.07) is 11.5. The second-order valence-electron chi connectivity index (χ2n) is 5.99. The van der Waals surface area contributed by atoms with Gasteiger partial charge in [-0.05, 0) is 37.5 Å². The van der Waals surface area contributed by atoms with Gasteiger partial charge in [0.1, 0.15) is 0 Å². The number of benzene rings is 1. The first-order valence-corrected chi connectivity index (χ1v) is 10.2. The largest absolute Gasteiger partial charge is 0.336 e. The van der Waals surface area contributed by atoms with Crippen molar-refractivity contribution in [3.63, 3.8) is 0 Å². The van der Waals surface area contributed by atoms with E-state index in [9.17, 15) is 4.79 Å². The summed E-state index contributed by atoms with van der Waals surface area (Å²) in [5.74, 6) is 1.93. The van der Waals surface area contributed by atoms with Gasteiger partial charge in [0.25, 0.3) is 0 Å². The van der Waals surface area contributed by atoms with Gasteiger partial charge in [0.05, 0.1) is 5.75 Å². The zero-order chi connectivity index (χ0) is 14.7. The van der Waals surface area contributed by atoms with Gasteiger partial charge < -0.3 is 4.90 Å². The number of rotatable bonds is 5. The highest BCUT2D eigenvalue weighted by molar-refractivity contribution is 7.99. The summed E-state index contributed by atoms with van der Waals surface area (Å²) in [5.41, 5.74) is 1.30. The van der Waals surface area contributed by atoms with E-state index in [1.54, 1.807) is 11.8 Å². The molecule has 1 unspecified atom stereocenters. The van der Waals surface area contributed by atoms with Crippen LogP contribution in [0.15, 0.2) is 30.3 Å². The number of nitrogens with zero attached hydrogens (tertiary/aromatic N) is 1. The molecule has 1 aromatic carbocycles. The number of thioether (sulfide) groups is 2. The minimum absolute atomic E-state index is 0.364. The van der Waals surface area contributed by atoms with E-state index in [1.165, 1.54) is 31.2 Å². The van der Waals surface area contributed by atoms with Crippen LogP contribution in [0.2, 0.25) is 0 Å². The fourth-order valence-corrected chi connectivity index (χ4v) is 5.31. The summed E-state index contributed by atoms with van der Waals surface area (Å²) in [6.07, 6.45) is 7.05. The van der Waals surface area contributed by atoms with Crippen LogP contribution in [0.25, 0.3) is 0 Å². The molecule has 3 rings (SSSR count). The number of hydrogen-bond donors (Lipinski definition) is 0. The predicted molar refractivity (Wildman–Crippen MR) is 92.8 cm³/mol. The molecule has 2 bridgehead atoms. The van der Waals surface area contributed by atoms with E-state index in [1.807, 2.05) is 17.8 Å². The summed E-state index contributed by atoms with van der Waals surface area (Å²) in [7, 11) is 0. The van der Waals surface area contributed by atoms with Crippen LogP contribution in [0.1, 0.15) is 31.2 Å². The lowest BCUT2D eigenvalue weighted by Gasteiger charge is -2.38. The van der Waals surface area contributed by atoms with Gasteiger partial charge in [-0.3, -0.25) is 4.79 Å². The van der Waals surface area contributed by atoms with Gasteiger partial charge in [-0.15, -0.1) is 11.8 Å². The van der Waals surface area contributed by atoms with E-state index < -0.39 is 0 Å². The summed E-state index contributed by atoms with van der Waals surface area (Å²) in [5, 5.41) is 0.767. The third kappa shape index (κ3) is 3.59. The molecule has 0 radical (unpaired) electrons. The average molecular weight is 322 g/mol.